The fourth-order valence-electron chi connectivity index (χ4n) is 2.14. The number of benzene rings is 1. The molecule has 20 heavy (non-hydrogen) atoms. The fraction of sp³-hybridized carbons (Fsp3) is 0.125. The summed E-state index contributed by atoms with van der Waals surface area (Å²) >= 11 is 3.49. The molecule has 0 saturated carbocycles. The molecule has 2 heterocycles. The van der Waals surface area contributed by atoms with Crippen molar-refractivity contribution in [1.29, 1.82) is 0 Å². The molecule has 3 aromatic rings. The Balaban J connectivity index is 1.89. The Labute approximate surface area is 126 Å². The van der Waals surface area contributed by atoms with Crippen molar-refractivity contribution >= 4 is 32.7 Å². The van der Waals surface area contributed by atoms with E-state index in [1.807, 2.05) is 43.7 Å². The first-order chi connectivity index (χ1) is 9.72. The van der Waals surface area contributed by atoms with Crippen LogP contribution in [0.5, 0.6) is 0 Å². The third-order valence-corrected chi connectivity index (χ3v) is 3.69. The molecule has 0 fully saturated rings. The second kappa shape index (κ2) is 5.59. The van der Waals surface area contributed by atoms with Crippen molar-refractivity contribution in [3.8, 4) is 0 Å². The van der Waals surface area contributed by atoms with Crippen LogP contribution in [0.1, 0.15) is 5.56 Å². The number of aromatic nitrogens is 2. The molecule has 0 N–H and O–H groups in total. The molecular formula is C16H14BrN3. The highest BCUT2D eigenvalue weighted by atomic mass is 79.9. The van der Waals surface area contributed by atoms with Crippen LogP contribution >= 0.6 is 15.9 Å². The van der Waals surface area contributed by atoms with Gasteiger partial charge in [-0.15, -0.1) is 0 Å². The first-order valence-corrected chi connectivity index (χ1v) is 7.18. The predicted octanol–water partition coefficient (Wildman–Crippen LogP) is 4.03. The molecule has 1 aromatic carbocycles. The number of halogens is 1. The maximum absolute atomic E-state index is 4.71. The van der Waals surface area contributed by atoms with Crippen LogP contribution in [0.15, 0.2) is 59.3 Å². The lowest BCUT2D eigenvalue weighted by Crippen LogP contribution is -2.17. The van der Waals surface area contributed by atoms with Crippen LogP contribution in [0.2, 0.25) is 0 Å². The number of anilines is 1. The van der Waals surface area contributed by atoms with Gasteiger partial charge < -0.3 is 4.90 Å². The molecule has 4 heteroatoms. The summed E-state index contributed by atoms with van der Waals surface area (Å²) in [6, 6.07) is 14.3. The Kier molecular flexibility index (Phi) is 3.65. The van der Waals surface area contributed by atoms with Crippen molar-refractivity contribution in [2.45, 2.75) is 6.54 Å². The average Bonchev–Trinajstić information content (AvgIpc) is 2.47. The van der Waals surface area contributed by atoms with Crippen LogP contribution in [0.3, 0.4) is 0 Å². The number of nitrogens with zero attached hydrogens (tertiary/aromatic N) is 3. The van der Waals surface area contributed by atoms with Crippen LogP contribution in [-0.2, 0) is 6.54 Å². The Morgan fingerprint density at radius 1 is 1.05 bits per heavy atom. The number of hydrogen-bond donors (Lipinski definition) is 0. The zero-order valence-corrected chi connectivity index (χ0v) is 12.7. The van der Waals surface area contributed by atoms with Gasteiger partial charge in [-0.25, -0.2) is 4.98 Å². The monoisotopic (exact) mass is 327 g/mol. The van der Waals surface area contributed by atoms with Gasteiger partial charge in [-0.2, -0.15) is 0 Å². The fourth-order valence-corrected chi connectivity index (χ4v) is 2.48. The van der Waals surface area contributed by atoms with Gasteiger partial charge in [-0.1, -0.05) is 22.0 Å². The van der Waals surface area contributed by atoms with Crippen LogP contribution in [0.4, 0.5) is 5.82 Å². The van der Waals surface area contributed by atoms with E-state index in [2.05, 4.69) is 44.0 Å². The standard InChI is InChI=1S/C16H14BrN3/c1-20(11-12-6-8-18-9-7-12)16-5-3-13-2-4-14(17)10-15(13)19-16/h2-10H,11H2,1H3. The summed E-state index contributed by atoms with van der Waals surface area (Å²) < 4.78 is 1.05. The zero-order chi connectivity index (χ0) is 13.9. The van der Waals surface area contributed by atoms with E-state index in [0.29, 0.717) is 0 Å². The third kappa shape index (κ3) is 2.80. The van der Waals surface area contributed by atoms with E-state index in [1.54, 1.807) is 0 Å². The molecular weight excluding hydrogens is 314 g/mol. The summed E-state index contributed by atoms with van der Waals surface area (Å²) in [6.07, 6.45) is 3.63. The van der Waals surface area contributed by atoms with Crippen LogP contribution in [0.25, 0.3) is 10.9 Å². The summed E-state index contributed by atoms with van der Waals surface area (Å²) in [5.41, 5.74) is 2.22. The molecule has 0 amide bonds. The second-order valence-corrected chi connectivity index (χ2v) is 5.63. The van der Waals surface area contributed by atoms with Gasteiger partial charge in [-0.3, -0.25) is 4.98 Å². The van der Waals surface area contributed by atoms with E-state index in [1.165, 1.54) is 5.56 Å². The van der Waals surface area contributed by atoms with E-state index in [0.717, 1.165) is 27.7 Å². The summed E-state index contributed by atoms with van der Waals surface area (Å²) in [4.78, 5) is 10.9. The van der Waals surface area contributed by atoms with E-state index >= 15 is 0 Å². The lowest BCUT2D eigenvalue weighted by atomic mass is 10.2. The molecule has 0 unspecified atom stereocenters. The number of pyridine rings is 2. The minimum Gasteiger partial charge on any atom is -0.355 e. The number of rotatable bonds is 3. The topological polar surface area (TPSA) is 29.0 Å². The van der Waals surface area contributed by atoms with Crippen molar-refractivity contribution in [3.05, 3.63) is 64.9 Å². The lowest BCUT2D eigenvalue weighted by Gasteiger charge is -2.18. The molecule has 0 saturated heterocycles. The van der Waals surface area contributed by atoms with Gasteiger partial charge in [0.05, 0.1) is 5.52 Å². The highest BCUT2D eigenvalue weighted by Crippen LogP contribution is 2.21. The normalized spacial score (nSPS) is 10.7. The Morgan fingerprint density at radius 2 is 1.80 bits per heavy atom. The minimum absolute atomic E-state index is 0.815. The maximum Gasteiger partial charge on any atom is 0.129 e. The van der Waals surface area contributed by atoms with Crippen molar-refractivity contribution in [2.24, 2.45) is 0 Å². The van der Waals surface area contributed by atoms with Crippen LogP contribution in [-0.4, -0.2) is 17.0 Å². The Hall–Kier alpha value is -1.94. The minimum atomic E-state index is 0.815. The molecule has 3 rings (SSSR count). The number of fused-ring (bicyclic) bond motifs is 1. The smallest absolute Gasteiger partial charge is 0.129 e. The van der Waals surface area contributed by atoms with Gasteiger partial charge >= 0.3 is 0 Å². The van der Waals surface area contributed by atoms with E-state index in [-0.39, 0.29) is 0 Å². The van der Waals surface area contributed by atoms with Gasteiger partial charge in [0.2, 0.25) is 0 Å². The summed E-state index contributed by atoms with van der Waals surface area (Å²) in [6.45, 7) is 0.815. The predicted molar refractivity (Wildman–Crippen MR) is 85.8 cm³/mol. The molecule has 0 aliphatic rings. The lowest BCUT2D eigenvalue weighted by molar-refractivity contribution is 0.900. The van der Waals surface area contributed by atoms with Crippen molar-refractivity contribution in [3.63, 3.8) is 0 Å². The first kappa shape index (κ1) is 13.1. The van der Waals surface area contributed by atoms with Crippen molar-refractivity contribution in [2.75, 3.05) is 11.9 Å². The summed E-state index contributed by atoms with van der Waals surface area (Å²) in [5.74, 6) is 0.965. The molecule has 2 aromatic heterocycles. The largest absolute Gasteiger partial charge is 0.355 e. The van der Waals surface area contributed by atoms with Gasteiger partial charge in [0.1, 0.15) is 5.82 Å². The molecule has 0 aliphatic heterocycles. The average molecular weight is 328 g/mol. The molecule has 100 valence electrons. The quantitative estimate of drug-likeness (QED) is 0.727. The molecule has 0 spiro atoms. The van der Waals surface area contributed by atoms with Crippen LogP contribution < -0.4 is 4.90 Å². The Bertz CT molecular complexity index is 728. The Morgan fingerprint density at radius 3 is 2.60 bits per heavy atom. The molecule has 0 aliphatic carbocycles. The zero-order valence-electron chi connectivity index (χ0n) is 11.1. The van der Waals surface area contributed by atoms with Gasteiger partial charge in [-0.05, 0) is 42.0 Å². The van der Waals surface area contributed by atoms with Gasteiger partial charge in [0, 0.05) is 35.8 Å². The van der Waals surface area contributed by atoms with E-state index in [4.69, 9.17) is 4.98 Å². The summed E-state index contributed by atoms with van der Waals surface area (Å²) in [7, 11) is 2.05. The van der Waals surface area contributed by atoms with E-state index < -0.39 is 0 Å². The van der Waals surface area contributed by atoms with Crippen molar-refractivity contribution < 1.29 is 0 Å². The maximum atomic E-state index is 4.71. The highest BCUT2D eigenvalue weighted by Gasteiger charge is 2.05. The highest BCUT2D eigenvalue weighted by molar-refractivity contribution is 9.10. The SMILES string of the molecule is CN(Cc1ccncc1)c1ccc2ccc(Br)cc2n1. The van der Waals surface area contributed by atoms with Gasteiger partial charge in [0.15, 0.2) is 0 Å². The van der Waals surface area contributed by atoms with Crippen molar-refractivity contribution in [1.82, 2.24) is 9.97 Å². The first-order valence-electron chi connectivity index (χ1n) is 6.39. The van der Waals surface area contributed by atoms with Crippen LogP contribution in [0, 0.1) is 0 Å². The molecule has 0 bridgehead atoms. The second-order valence-electron chi connectivity index (χ2n) is 4.72. The van der Waals surface area contributed by atoms with E-state index in [9.17, 15) is 0 Å². The summed E-state index contributed by atoms with van der Waals surface area (Å²) in [5, 5.41) is 1.15. The molecule has 0 radical (unpaired) electrons. The van der Waals surface area contributed by atoms with Gasteiger partial charge in [0.25, 0.3) is 0 Å². The third-order valence-electron chi connectivity index (χ3n) is 3.20. The number of hydrogen-bond acceptors (Lipinski definition) is 3. The molecule has 0 atom stereocenters. The molecule has 3 nitrogen and oxygen atoms in total.